The van der Waals surface area contributed by atoms with Gasteiger partial charge < -0.3 is 10.1 Å². The molecule has 2 atom stereocenters. The molecule has 1 aliphatic rings. The van der Waals surface area contributed by atoms with Crippen LogP contribution in [0.3, 0.4) is 0 Å². The minimum atomic E-state index is -0.108. The fraction of sp³-hybridized carbons (Fsp3) is 0.684. The zero-order valence-electron chi connectivity index (χ0n) is 14.7. The first kappa shape index (κ1) is 16.5. The highest BCUT2D eigenvalue weighted by Gasteiger charge is 2.52. The topological polar surface area (TPSA) is 21.3 Å². The molecule has 118 valence electrons. The summed E-state index contributed by atoms with van der Waals surface area (Å²) >= 11 is 0. The average Bonchev–Trinajstić information content (AvgIpc) is 2.59. The Bertz CT molecular complexity index is 476. The molecule has 1 N–H and O–H groups in total. The van der Waals surface area contributed by atoms with E-state index in [1.54, 1.807) is 0 Å². The molecule has 0 aliphatic carbocycles. The lowest BCUT2D eigenvalue weighted by Crippen LogP contribution is -2.53. The molecule has 2 heteroatoms. The summed E-state index contributed by atoms with van der Waals surface area (Å²) in [6, 6.07) is 11.2. The molecule has 0 aromatic heterocycles. The Hall–Kier alpha value is -0.860. The summed E-state index contributed by atoms with van der Waals surface area (Å²) in [6.07, 6.45) is 1.09. The lowest BCUT2D eigenvalue weighted by atomic mass is 9.67. The Morgan fingerprint density at radius 2 is 1.71 bits per heavy atom. The second-order valence-electron chi connectivity index (χ2n) is 8.13. The van der Waals surface area contributed by atoms with E-state index in [1.165, 1.54) is 5.56 Å². The summed E-state index contributed by atoms with van der Waals surface area (Å²) in [5, 5.41) is 3.60. The molecule has 1 heterocycles. The number of rotatable bonds is 4. The first-order valence-electron chi connectivity index (χ1n) is 8.03. The number of benzene rings is 1. The summed E-state index contributed by atoms with van der Waals surface area (Å²) in [7, 11) is 2.08. The Morgan fingerprint density at radius 1 is 1.14 bits per heavy atom. The molecule has 1 aliphatic heterocycles. The van der Waals surface area contributed by atoms with Crippen LogP contribution in [0, 0.1) is 5.92 Å². The van der Waals surface area contributed by atoms with Gasteiger partial charge >= 0.3 is 0 Å². The number of ether oxygens (including phenoxy) is 1. The van der Waals surface area contributed by atoms with Crippen LogP contribution < -0.4 is 5.32 Å². The van der Waals surface area contributed by atoms with Crippen LogP contribution in [-0.4, -0.2) is 24.3 Å². The van der Waals surface area contributed by atoms with Crippen LogP contribution in [-0.2, 0) is 10.2 Å². The summed E-state index contributed by atoms with van der Waals surface area (Å²) in [5.74, 6) is 0.479. The Morgan fingerprint density at radius 3 is 2.14 bits per heavy atom. The normalized spacial score (nSPS) is 25.8. The quantitative estimate of drug-likeness (QED) is 0.899. The van der Waals surface area contributed by atoms with Crippen molar-refractivity contribution in [3.05, 3.63) is 35.9 Å². The third-order valence-electron chi connectivity index (χ3n) is 5.15. The zero-order chi connectivity index (χ0) is 15.9. The van der Waals surface area contributed by atoms with Crippen LogP contribution >= 0.6 is 0 Å². The molecular weight excluding hydrogens is 258 g/mol. The number of likely N-dealkylation sites (N-methyl/N-ethyl adjacent to an activating group) is 1. The predicted octanol–water partition coefficient (Wildman–Crippen LogP) is 4.15. The summed E-state index contributed by atoms with van der Waals surface area (Å²) in [6.45, 7) is 13.6. The highest BCUT2D eigenvalue weighted by atomic mass is 16.5. The first-order valence-corrected chi connectivity index (χ1v) is 8.03. The standard InChI is InChI=1S/C19H31NO/c1-17(2)13-15(19(5,6)21-17)16(20-7)18(3,4)14-11-9-8-10-12-14/h8-12,15-16,20H,13H2,1-7H3. The third kappa shape index (κ3) is 3.17. The monoisotopic (exact) mass is 289 g/mol. The molecule has 2 rings (SSSR count). The van der Waals surface area contributed by atoms with E-state index in [4.69, 9.17) is 4.74 Å². The van der Waals surface area contributed by atoms with Gasteiger partial charge in [-0.1, -0.05) is 44.2 Å². The Labute approximate surface area is 130 Å². The van der Waals surface area contributed by atoms with E-state index in [0.717, 1.165) is 6.42 Å². The molecule has 1 saturated heterocycles. The molecule has 0 spiro atoms. The van der Waals surface area contributed by atoms with Gasteiger partial charge in [0.2, 0.25) is 0 Å². The molecule has 1 aromatic carbocycles. The van der Waals surface area contributed by atoms with Crippen molar-refractivity contribution in [2.24, 2.45) is 5.92 Å². The molecule has 1 fully saturated rings. The SMILES string of the molecule is CNC(C1CC(C)(C)OC1(C)C)C(C)(C)c1ccccc1. The van der Waals surface area contributed by atoms with Crippen LogP contribution in [0.25, 0.3) is 0 Å². The molecule has 1 aromatic rings. The van der Waals surface area contributed by atoms with Gasteiger partial charge in [-0.2, -0.15) is 0 Å². The van der Waals surface area contributed by atoms with Crippen molar-refractivity contribution in [3.63, 3.8) is 0 Å². The predicted molar refractivity (Wildman–Crippen MR) is 89.7 cm³/mol. The second kappa shape index (κ2) is 5.40. The maximum atomic E-state index is 6.32. The Kier molecular flexibility index (Phi) is 4.25. The zero-order valence-corrected chi connectivity index (χ0v) is 14.7. The third-order valence-corrected chi connectivity index (χ3v) is 5.15. The summed E-state index contributed by atoms with van der Waals surface area (Å²) in [4.78, 5) is 0. The van der Waals surface area contributed by atoms with E-state index in [9.17, 15) is 0 Å². The number of hydrogen-bond acceptors (Lipinski definition) is 2. The van der Waals surface area contributed by atoms with Crippen LogP contribution in [0.15, 0.2) is 30.3 Å². The maximum Gasteiger partial charge on any atom is 0.0678 e. The lowest BCUT2D eigenvalue weighted by Gasteiger charge is -2.42. The highest BCUT2D eigenvalue weighted by molar-refractivity contribution is 5.27. The second-order valence-corrected chi connectivity index (χ2v) is 8.13. The van der Waals surface area contributed by atoms with Gasteiger partial charge in [0.05, 0.1) is 11.2 Å². The Balaban J connectivity index is 2.36. The van der Waals surface area contributed by atoms with Gasteiger partial charge in [-0.25, -0.2) is 0 Å². The van der Waals surface area contributed by atoms with Crippen molar-refractivity contribution < 1.29 is 4.74 Å². The molecule has 2 unspecified atom stereocenters. The van der Waals surface area contributed by atoms with E-state index in [0.29, 0.717) is 12.0 Å². The van der Waals surface area contributed by atoms with Gasteiger partial charge in [0, 0.05) is 17.4 Å². The van der Waals surface area contributed by atoms with Crippen LogP contribution in [0.2, 0.25) is 0 Å². The smallest absolute Gasteiger partial charge is 0.0678 e. The van der Waals surface area contributed by atoms with Crippen LogP contribution in [0.1, 0.15) is 53.5 Å². The van der Waals surface area contributed by atoms with Gasteiger partial charge in [0.15, 0.2) is 0 Å². The van der Waals surface area contributed by atoms with Crippen LogP contribution in [0.4, 0.5) is 0 Å². The fourth-order valence-corrected chi connectivity index (χ4v) is 4.24. The van der Waals surface area contributed by atoms with Crippen molar-refractivity contribution in [3.8, 4) is 0 Å². The van der Waals surface area contributed by atoms with Crippen molar-refractivity contribution in [2.45, 2.75) is 70.6 Å². The van der Waals surface area contributed by atoms with Crippen molar-refractivity contribution >= 4 is 0 Å². The van der Waals surface area contributed by atoms with E-state index in [2.05, 4.69) is 84.2 Å². The van der Waals surface area contributed by atoms with Crippen molar-refractivity contribution in [1.82, 2.24) is 5.32 Å². The van der Waals surface area contributed by atoms with E-state index >= 15 is 0 Å². The van der Waals surface area contributed by atoms with E-state index < -0.39 is 0 Å². The van der Waals surface area contributed by atoms with E-state index in [-0.39, 0.29) is 16.6 Å². The molecule has 0 radical (unpaired) electrons. The summed E-state index contributed by atoms with van der Waals surface area (Å²) < 4.78 is 6.32. The molecule has 0 bridgehead atoms. The molecular formula is C19H31NO. The fourth-order valence-electron chi connectivity index (χ4n) is 4.24. The highest BCUT2D eigenvalue weighted by Crippen LogP contribution is 2.47. The van der Waals surface area contributed by atoms with Crippen LogP contribution in [0.5, 0.6) is 0 Å². The molecule has 2 nitrogen and oxygen atoms in total. The minimum absolute atomic E-state index is 0.0456. The maximum absolute atomic E-state index is 6.32. The largest absolute Gasteiger partial charge is 0.369 e. The van der Waals surface area contributed by atoms with Crippen molar-refractivity contribution in [1.29, 1.82) is 0 Å². The number of nitrogens with one attached hydrogen (secondary N) is 1. The molecule has 21 heavy (non-hydrogen) atoms. The number of hydrogen-bond donors (Lipinski definition) is 1. The minimum Gasteiger partial charge on any atom is -0.369 e. The van der Waals surface area contributed by atoms with Gasteiger partial charge in [0.25, 0.3) is 0 Å². The van der Waals surface area contributed by atoms with Gasteiger partial charge in [0.1, 0.15) is 0 Å². The molecule has 0 saturated carbocycles. The lowest BCUT2D eigenvalue weighted by molar-refractivity contribution is -0.0797. The summed E-state index contributed by atoms with van der Waals surface area (Å²) in [5.41, 5.74) is 1.28. The first-order chi connectivity index (χ1) is 9.60. The van der Waals surface area contributed by atoms with Crippen molar-refractivity contribution in [2.75, 3.05) is 7.05 Å². The van der Waals surface area contributed by atoms with Gasteiger partial charge in [-0.3, -0.25) is 0 Å². The molecule has 0 amide bonds. The van der Waals surface area contributed by atoms with E-state index in [1.807, 2.05) is 0 Å². The average molecular weight is 289 g/mol. The van der Waals surface area contributed by atoms with Gasteiger partial charge in [-0.15, -0.1) is 0 Å². The van der Waals surface area contributed by atoms with Gasteiger partial charge in [-0.05, 0) is 46.7 Å².